The molecule has 0 aromatic carbocycles. The van der Waals surface area contributed by atoms with E-state index in [1.807, 2.05) is 25.3 Å². The molecule has 90 valence electrons. The maximum absolute atomic E-state index is 4.64. The first-order valence-electron chi connectivity index (χ1n) is 5.81. The third kappa shape index (κ3) is 2.04. The van der Waals surface area contributed by atoms with Gasteiger partial charge in [-0.2, -0.15) is 10.1 Å². The highest BCUT2D eigenvalue weighted by Gasteiger charge is 2.16. The Balaban J connectivity index is 1.69. The van der Waals surface area contributed by atoms with Crippen molar-refractivity contribution in [3.63, 3.8) is 0 Å². The molecule has 0 saturated carbocycles. The summed E-state index contributed by atoms with van der Waals surface area (Å²) >= 11 is 1.82. The molecule has 6 heteroatoms. The van der Waals surface area contributed by atoms with Crippen LogP contribution >= 0.6 is 11.3 Å². The van der Waals surface area contributed by atoms with E-state index in [0.29, 0.717) is 0 Å². The summed E-state index contributed by atoms with van der Waals surface area (Å²) in [7, 11) is 1.89. The number of aromatic nitrogens is 4. The molecule has 0 amide bonds. The molecule has 2 aromatic heterocycles. The van der Waals surface area contributed by atoms with Gasteiger partial charge >= 0.3 is 0 Å². The van der Waals surface area contributed by atoms with Crippen molar-refractivity contribution in [3.8, 4) is 0 Å². The van der Waals surface area contributed by atoms with Crippen LogP contribution in [-0.4, -0.2) is 19.7 Å². The van der Waals surface area contributed by atoms with E-state index in [-0.39, 0.29) is 0 Å². The summed E-state index contributed by atoms with van der Waals surface area (Å²) in [4.78, 5) is 10.4. The fraction of sp³-hybridized carbons (Fsp3) is 0.545. The lowest BCUT2D eigenvalue weighted by Gasteiger charge is -2.01. The fourth-order valence-corrected chi connectivity index (χ4v) is 3.24. The van der Waals surface area contributed by atoms with Gasteiger partial charge < -0.3 is 5.32 Å². The number of fused-ring (bicyclic) bond motifs is 1. The van der Waals surface area contributed by atoms with E-state index in [4.69, 9.17) is 0 Å². The summed E-state index contributed by atoms with van der Waals surface area (Å²) in [5, 5.41) is 8.62. The molecule has 5 nitrogen and oxygen atoms in total. The second kappa shape index (κ2) is 4.10. The highest BCUT2D eigenvalue weighted by Crippen LogP contribution is 2.27. The maximum atomic E-state index is 4.64. The van der Waals surface area contributed by atoms with Crippen LogP contribution in [0.2, 0.25) is 0 Å². The largest absolute Gasteiger partial charge is 0.348 e. The van der Waals surface area contributed by atoms with E-state index in [1.165, 1.54) is 23.4 Å². The maximum Gasteiger partial charge on any atom is 0.221 e. The molecule has 3 rings (SSSR count). The molecule has 0 radical (unpaired) electrons. The molecule has 2 heterocycles. The number of hydrogen-bond acceptors (Lipinski definition) is 5. The summed E-state index contributed by atoms with van der Waals surface area (Å²) in [6.07, 6.45) is 3.62. The van der Waals surface area contributed by atoms with Gasteiger partial charge in [0.05, 0.1) is 12.2 Å². The third-order valence-electron chi connectivity index (χ3n) is 2.91. The second-order valence-corrected chi connectivity index (χ2v) is 5.46. The van der Waals surface area contributed by atoms with E-state index in [9.17, 15) is 0 Å². The zero-order valence-electron chi connectivity index (χ0n) is 10.0. The minimum absolute atomic E-state index is 0.740. The Hall–Kier alpha value is -1.43. The molecule has 0 atom stereocenters. The molecular formula is C11H15N5S. The van der Waals surface area contributed by atoms with E-state index in [2.05, 4.69) is 20.4 Å². The number of hydrogen-bond donors (Lipinski definition) is 1. The first kappa shape index (κ1) is 10.7. The molecule has 0 spiro atoms. The standard InChI is InChI=1S/C11H15N5S/c1-7-13-11(16(2)15-7)12-6-10-14-8-4-3-5-9(8)17-10/h3-6H2,1-2H3,(H,12,13,15). The second-order valence-electron chi connectivity index (χ2n) is 4.29. The molecule has 0 unspecified atom stereocenters. The first-order valence-corrected chi connectivity index (χ1v) is 6.63. The number of nitrogens with zero attached hydrogens (tertiary/aromatic N) is 4. The molecule has 1 aliphatic rings. The van der Waals surface area contributed by atoms with Crippen LogP contribution in [0.3, 0.4) is 0 Å². The molecule has 0 bridgehead atoms. The Morgan fingerprint density at radius 3 is 2.94 bits per heavy atom. The SMILES string of the molecule is Cc1nc(NCc2nc3c(s2)CCC3)n(C)n1. The van der Waals surface area contributed by atoms with Crippen LogP contribution in [0.4, 0.5) is 5.95 Å². The van der Waals surface area contributed by atoms with Crippen molar-refractivity contribution in [1.82, 2.24) is 19.7 Å². The Kier molecular flexibility index (Phi) is 2.58. The highest BCUT2D eigenvalue weighted by atomic mass is 32.1. The lowest BCUT2D eigenvalue weighted by molar-refractivity contribution is 0.757. The molecule has 0 fully saturated rings. The van der Waals surface area contributed by atoms with Gasteiger partial charge in [-0.05, 0) is 26.2 Å². The normalized spacial score (nSPS) is 14.0. The van der Waals surface area contributed by atoms with Crippen LogP contribution < -0.4 is 5.32 Å². The lowest BCUT2D eigenvalue weighted by atomic mass is 10.4. The Bertz CT molecular complexity index is 521. The number of anilines is 1. The van der Waals surface area contributed by atoms with Gasteiger partial charge in [-0.15, -0.1) is 11.3 Å². The highest BCUT2D eigenvalue weighted by molar-refractivity contribution is 7.11. The monoisotopic (exact) mass is 249 g/mol. The number of aryl methyl sites for hydroxylation is 4. The van der Waals surface area contributed by atoms with Crippen molar-refractivity contribution in [2.45, 2.75) is 32.7 Å². The van der Waals surface area contributed by atoms with Gasteiger partial charge in [0, 0.05) is 11.9 Å². The molecular weight excluding hydrogens is 234 g/mol. The summed E-state index contributed by atoms with van der Waals surface area (Å²) in [6, 6.07) is 0. The van der Waals surface area contributed by atoms with Crippen molar-refractivity contribution >= 4 is 17.3 Å². The molecule has 0 saturated heterocycles. The fourth-order valence-electron chi connectivity index (χ4n) is 2.14. The van der Waals surface area contributed by atoms with Gasteiger partial charge in [-0.3, -0.25) is 0 Å². The minimum Gasteiger partial charge on any atom is -0.348 e. The minimum atomic E-state index is 0.740. The van der Waals surface area contributed by atoms with Crippen molar-refractivity contribution in [2.24, 2.45) is 7.05 Å². The van der Waals surface area contributed by atoms with Crippen molar-refractivity contribution in [2.75, 3.05) is 5.32 Å². The molecule has 2 aromatic rings. The molecule has 1 aliphatic carbocycles. The predicted octanol–water partition coefficient (Wildman–Crippen LogP) is 1.68. The van der Waals surface area contributed by atoms with Crippen LogP contribution in [0, 0.1) is 6.92 Å². The first-order chi connectivity index (χ1) is 8.22. The van der Waals surface area contributed by atoms with Crippen LogP contribution in [0.1, 0.15) is 27.8 Å². The summed E-state index contributed by atoms with van der Waals surface area (Å²) in [5.74, 6) is 1.59. The van der Waals surface area contributed by atoms with E-state index in [1.54, 1.807) is 4.68 Å². The van der Waals surface area contributed by atoms with Crippen LogP contribution in [0.15, 0.2) is 0 Å². The topological polar surface area (TPSA) is 55.6 Å². The zero-order valence-corrected chi connectivity index (χ0v) is 10.8. The summed E-state index contributed by atoms with van der Waals surface area (Å²) in [6.45, 7) is 2.63. The average molecular weight is 249 g/mol. The van der Waals surface area contributed by atoms with Crippen molar-refractivity contribution in [1.29, 1.82) is 0 Å². The van der Waals surface area contributed by atoms with Gasteiger partial charge in [0.15, 0.2) is 0 Å². The van der Waals surface area contributed by atoms with Gasteiger partial charge in [0.2, 0.25) is 5.95 Å². The summed E-state index contributed by atoms with van der Waals surface area (Å²) in [5.41, 5.74) is 1.31. The summed E-state index contributed by atoms with van der Waals surface area (Å²) < 4.78 is 1.76. The Labute approximate surface area is 104 Å². The third-order valence-corrected chi connectivity index (χ3v) is 4.06. The van der Waals surface area contributed by atoms with Crippen LogP contribution in [0.5, 0.6) is 0 Å². The van der Waals surface area contributed by atoms with Gasteiger partial charge in [-0.1, -0.05) is 0 Å². The molecule has 1 N–H and O–H groups in total. The molecule has 17 heavy (non-hydrogen) atoms. The Morgan fingerprint density at radius 2 is 2.24 bits per heavy atom. The van der Waals surface area contributed by atoms with Gasteiger partial charge in [0.1, 0.15) is 10.8 Å². The van der Waals surface area contributed by atoms with Gasteiger partial charge in [-0.25, -0.2) is 9.67 Å². The predicted molar refractivity (Wildman–Crippen MR) is 67.2 cm³/mol. The lowest BCUT2D eigenvalue weighted by Crippen LogP contribution is -2.05. The number of nitrogens with one attached hydrogen (secondary N) is 1. The number of rotatable bonds is 3. The van der Waals surface area contributed by atoms with Crippen molar-refractivity contribution in [3.05, 3.63) is 21.4 Å². The number of thiazole rings is 1. The zero-order chi connectivity index (χ0) is 11.8. The van der Waals surface area contributed by atoms with Crippen LogP contribution in [0.25, 0.3) is 0 Å². The molecule has 0 aliphatic heterocycles. The average Bonchev–Trinajstić information content (AvgIpc) is 2.89. The van der Waals surface area contributed by atoms with Gasteiger partial charge in [0.25, 0.3) is 0 Å². The van der Waals surface area contributed by atoms with Crippen LogP contribution in [-0.2, 0) is 26.4 Å². The van der Waals surface area contributed by atoms with E-state index >= 15 is 0 Å². The van der Waals surface area contributed by atoms with E-state index < -0.39 is 0 Å². The Morgan fingerprint density at radius 1 is 1.35 bits per heavy atom. The quantitative estimate of drug-likeness (QED) is 0.899. The van der Waals surface area contributed by atoms with Crippen molar-refractivity contribution < 1.29 is 0 Å². The van der Waals surface area contributed by atoms with E-state index in [0.717, 1.165) is 29.7 Å². The smallest absolute Gasteiger partial charge is 0.221 e.